The van der Waals surface area contributed by atoms with E-state index in [9.17, 15) is 18.0 Å². The molecule has 110 valence electrons. The maximum absolute atomic E-state index is 12.0. The summed E-state index contributed by atoms with van der Waals surface area (Å²) in [5.41, 5.74) is 0. The molecule has 0 heterocycles. The average molecular weight is 322 g/mol. The number of halogens is 1. The molecule has 1 aromatic carbocycles. The molecule has 0 aliphatic heterocycles. The minimum atomic E-state index is -4.07. The van der Waals surface area contributed by atoms with Gasteiger partial charge in [-0.25, -0.2) is 8.42 Å². The zero-order valence-electron chi connectivity index (χ0n) is 10.4. The first-order chi connectivity index (χ1) is 9.26. The van der Waals surface area contributed by atoms with Gasteiger partial charge in [-0.2, -0.15) is 4.72 Å². The highest BCUT2D eigenvalue weighted by Gasteiger charge is 2.27. The largest absolute Gasteiger partial charge is 0.480 e. The maximum atomic E-state index is 12.0. The summed E-state index contributed by atoms with van der Waals surface area (Å²) < 4.78 is 30.2. The van der Waals surface area contributed by atoms with Crippen molar-refractivity contribution in [3.05, 3.63) is 29.3 Å². The van der Waals surface area contributed by atoms with Crippen molar-refractivity contribution in [1.82, 2.24) is 4.72 Å². The van der Waals surface area contributed by atoms with Crippen molar-refractivity contribution in [3.63, 3.8) is 0 Å². The van der Waals surface area contributed by atoms with E-state index >= 15 is 0 Å². The molecule has 9 heteroatoms. The fourth-order valence-corrected chi connectivity index (χ4v) is 2.61. The van der Waals surface area contributed by atoms with Gasteiger partial charge in [-0.1, -0.05) is 11.6 Å². The SMILES string of the molecule is COC(=O)C[C@H](NS(=O)(=O)c1ccc(Cl)cc1)C(=O)O. The highest BCUT2D eigenvalue weighted by Crippen LogP contribution is 2.14. The normalized spacial score (nSPS) is 12.7. The standard InChI is InChI=1S/C11H12ClNO6S/c1-19-10(14)6-9(11(15)16)13-20(17,18)8-4-2-7(12)3-5-8/h2-5,9,13H,6H2,1H3,(H,15,16)/t9-/m0/s1. The van der Waals surface area contributed by atoms with Gasteiger partial charge in [0.15, 0.2) is 0 Å². The van der Waals surface area contributed by atoms with Gasteiger partial charge < -0.3 is 9.84 Å². The van der Waals surface area contributed by atoms with Crippen LogP contribution in [0.3, 0.4) is 0 Å². The Morgan fingerprint density at radius 3 is 2.35 bits per heavy atom. The van der Waals surface area contributed by atoms with Gasteiger partial charge in [-0.15, -0.1) is 0 Å². The Morgan fingerprint density at radius 1 is 1.35 bits per heavy atom. The molecule has 0 saturated carbocycles. The van der Waals surface area contributed by atoms with Gasteiger partial charge in [0.1, 0.15) is 6.04 Å². The van der Waals surface area contributed by atoms with Gasteiger partial charge in [0.2, 0.25) is 10.0 Å². The first-order valence-electron chi connectivity index (χ1n) is 5.34. The summed E-state index contributed by atoms with van der Waals surface area (Å²) >= 11 is 5.64. The van der Waals surface area contributed by atoms with E-state index in [2.05, 4.69) is 4.74 Å². The van der Waals surface area contributed by atoms with E-state index in [1.54, 1.807) is 0 Å². The van der Waals surface area contributed by atoms with E-state index < -0.39 is 34.4 Å². The Kier molecular flexibility index (Phi) is 5.49. The van der Waals surface area contributed by atoms with Gasteiger partial charge in [0.05, 0.1) is 18.4 Å². The van der Waals surface area contributed by atoms with Crippen LogP contribution < -0.4 is 4.72 Å². The van der Waals surface area contributed by atoms with Crippen molar-refractivity contribution < 1.29 is 27.9 Å². The molecule has 0 aliphatic carbocycles. The third kappa shape index (κ3) is 4.48. The van der Waals surface area contributed by atoms with Crippen LogP contribution in [0.5, 0.6) is 0 Å². The molecule has 2 N–H and O–H groups in total. The summed E-state index contributed by atoms with van der Waals surface area (Å²) in [6.07, 6.45) is -0.612. The second-order valence-corrected chi connectivity index (χ2v) is 5.90. The number of esters is 1. The quantitative estimate of drug-likeness (QED) is 0.744. The topological polar surface area (TPSA) is 110 Å². The summed E-state index contributed by atoms with van der Waals surface area (Å²) in [7, 11) is -2.99. The Balaban J connectivity index is 2.94. The summed E-state index contributed by atoms with van der Waals surface area (Å²) in [5.74, 6) is -2.32. The van der Waals surface area contributed by atoms with Gasteiger partial charge >= 0.3 is 11.9 Å². The van der Waals surface area contributed by atoms with Gasteiger partial charge in [0.25, 0.3) is 0 Å². The van der Waals surface area contributed by atoms with Crippen molar-refractivity contribution in [2.45, 2.75) is 17.4 Å². The van der Waals surface area contributed by atoms with Crippen LogP contribution in [0.1, 0.15) is 6.42 Å². The third-order valence-electron chi connectivity index (χ3n) is 2.32. The number of nitrogens with one attached hydrogen (secondary N) is 1. The number of hydrogen-bond donors (Lipinski definition) is 2. The van der Waals surface area contributed by atoms with Crippen LogP contribution in [0.4, 0.5) is 0 Å². The average Bonchev–Trinajstić information content (AvgIpc) is 2.37. The van der Waals surface area contributed by atoms with Gasteiger partial charge in [-0.3, -0.25) is 9.59 Å². The molecule has 0 bridgehead atoms. The number of carboxylic acids is 1. The number of carboxylic acid groups (broad SMARTS) is 1. The Labute approximate surface area is 120 Å². The lowest BCUT2D eigenvalue weighted by Gasteiger charge is -2.13. The summed E-state index contributed by atoms with van der Waals surface area (Å²) in [6.45, 7) is 0. The van der Waals surface area contributed by atoms with Crippen LogP contribution in [0.25, 0.3) is 0 Å². The van der Waals surface area contributed by atoms with Crippen molar-refractivity contribution in [3.8, 4) is 0 Å². The lowest BCUT2D eigenvalue weighted by Crippen LogP contribution is -2.42. The number of ether oxygens (including phenoxy) is 1. The molecule has 0 aliphatic rings. The number of sulfonamides is 1. The fraction of sp³-hybridized carbons (Fsp3) is 0.273. The van der Waals surface area contributed by atoms with Crippen LogP contribution in [0.15, 0.2) is 29.2 Å². The smallest absolute Gasteiger partial charge is 0.322 e. The molecule has 0 spiro atoms. The van der Waals surface area contributed by atoms with Crippen LogP contribution >= 0.6 is 11.6 Å². The lowest BCUT2D eigenvalue weighted by molar-refractivity contribution is -0.147. The zero-order chi connectivity index (χ0) is 15.3. The second-order valence-electron chi connectivity index (χ2n) is 3.75. The van der Waals surface area contributed by atoms with E-state index in [1.807, 2.05) is 4.72 Å². The minimum absolute atomic E-state index is 0.155. The summed E-state index contributed by atoms with van der Waals surface area (Å²) in [4.78, 5) is 21.9. The molecule has 0 saturated heterocycles. The molecule has 7 nitrogen and oxygen atoms in total. The molecule has 0 amide bonds. The predicted octanol–water partition coefficient (Wildman–Crippen LogP) is 0.635. The first-order valence-corrected chi connectivity index (χ1v) is 7.20. The van der Waals surface area contributed by atoms with E-state index in [1.165, 1.54) is 24.3 Å². The zero-order valence-corrected chi connectivity index (χ0v) is 11.9. The monoisotopic (exact) mass is 321 g/mol. The Morgan fingerprint density at radius 2 is 1.90 bits per heavy atom. The molecule has 0 aromatic heterocycles. The summed E-state index contributed by atoms with van der Waals surface area (Å²) in [5, 5.41) is 9.26. The van der Waals surface area contributed by atoms with Gasteiger partial charge in [0, 0.05) is 5.02 Å². The number of methoxy groups -OCH3 is 1. The van der Waals surface area contributed by atoms with Crippen LogP contribution in [-0.2, 0) is 24.3 Å². The van der Waals surface area contributed by atoms with E-state index in [0.717, 1.165) is 7.11 Å². The highest BCUT2D eigenvalue weighted by molar-refractivity contribution is 7.89. The van der Waals surface area contributed by atoms with E-state index in [-0.39, 0.29) is 4.90 Å². The third-order valence-corrected chi connectivity index (χ3v) is 4.06. The number of carbonyl (C=O) groups is 2. The van der Waals surface area contributed by atoms with E-state index in [0.29, 0.717) is 5.02 Å². The molecule has 0 radical (unpaired) electrons. The van der Waals surface area contributed by atoms with Crippen molar-refractivity contribution in [2.75, 3.05) is 7.11 Å². The van der Waals surface area contributed by atoms with Crippen molar-refractivity contribution in [2.24, 2.45) is 0 Å². The molecule has 0 fully saturated rings. The van der Waals surface area contributed by atoms with Crippen LogP contribution in [0.2, 0.25) is 5.02 Å². The second kappa shape index (κ2) is 6.69. The van der Waals surface area contributed by atoms with Crippen LogP contribution in [-0.4, -0.2) is 38.6 Å². The van der Waals surface area contributed by atoms with Crippen LogP contribution in [0, 0.1) is 0 Å². The number of rotatable bonds is 6. The molecular formula is C11H12ClNO6S. The number of benzene rings is 1. The summed E-state index contributed by atoms with van der Waals surface area (Å²) in [6, 6.07) is 3.55. The maximum Gasteiger partial charge on any atom is 0.322 e. The molecule has 1 aromatic rings. The van der Waals surface area contributed by atoms with E-state index in [4.69, 9.17) is 16.7 Å². The fourth-order valence-electron chi connectivity index (χ4n) is 1.30. The van der Waals surface area contributed by atoms with Gasteiger partial charge in [-0.05, 0) is 24.3 Å². The Hall–Kier alpha value is -1.64. The van der Waals surface area contributed by atoms with Crippen molar-refractivity contribution >= 4 is 33.6 Å². The lowest BCUT2D eigenvalue weighted by atomic mass is 10.2. The highest BCUT2D eigenvalue weighted by atomic mass is 35.5. The molecule has 0 unspecified atom stereocenters. The molecule has 1 rings (SSSR count). The number of carbonyl (C=O) groups excluding carboxylic acids is 1. The molecule has 1 atom stereocenters. The Bertz CT molecular complexity index is 598. The predicted molar refractivity (Wildman–Crippen MR) is 69.8 cm³/mol. The first kappa shape index (κ1) is 16.4. The number of hydrogen-bond acceptors (Lipinski definition) is 5. The molecular weight excluding hydrogens is 310 g/mol. The number of aliphatic carboxylic acids is 1. The minimum Gasteiger partial charge on any atom is -0.480 e. The van der Waals surface area contributed by atoms with Crippen molar-refractivity contribution in [1.29, 1.82) is 0 Å². The molecule has 20 heavy (non-hydrogen) atoms.